The molecule has 3 rings (SSSR count). The van der Waals surface area contributed by atoms with Gasteiger partial charge in [0.25, 0.3) is 11.9 Å². The average Bonchev–Trinajstić information content (AvgIpc) is 3.08. The number of amides is 3. The highest BCUT2D eigenvalue weighted by atomic mass is 19.4. The summed E-state index contributed by atoms with van der Waals surface area (Å²) < 4.78 is 52.2. The summed E-state index contributed by atoms with van der Waals surface area (Å²) in [5, 5.41) is 7.85. The second-order valence-corrected chi connectivity index (χ2v) is 11.4. The van der Waals surface area contributed by atoms with Crippen molar-refractivity contribution in [2.24, 2.45) is 32.6 Å². The lowest BCUT2D eigenvalue weighted by molar-refractivity contribution is -0.156. The maximum atomic E-state index is 12.7. The summed E-state index contributed by atoms with van der Waals surface area (Å²) in [6.45, 7) is 3.26. The van der Waals surface area contributed by atoms with E-state index in [4.69, 9.17) is 26.7 Å². The molecular weight excluding hydrogens is 661 g/mol. The molecule has 3 aromatic rings. The number of hydrogen-bond acceptors (Lipinski definition) is 8. The Kier molecular flexibility index (Phi) is 14.0. The van der Waals surface area contributed by atoms with Crippen LogP contribution in [0.5, 0.6) is 11.5 Å². The first-order valence-corrected chi connectivity index (χ1v) is 15.1. The minimum absolute atomic E-state index is 0.0782. The fraction of sp³-hybridized carbons (Fsp3) is 0.303. The number of amidine groups is 1. The number of alkyl halides is 3. The molecule has 0 atom stereocenters. The number of benzene rings is 3. The molecule has 14 nitrogen and oxygen atoms in total. The number of carbonyl (C=O) groups excluding carboxylic acids is 3. The number of hydrogen-bond donors (Lipinski definition) is 6. The number of guanidine groups is 1. The summed E-state index contributed by atoms with van der Waals surface area (Å²) in [6.07, 6.45) is -4.59. The van der Waals surface area contributed by atoms with Crippen LogP contribution in [0.15, 0.2) is 82.8 Å². The maximum Gasteiger partial charge on any atom is 0.422 e. The molecule has 0 saturated carbocycles. The highest BCUT2D eigenvalue weighted by Gasteiger charge is 2.29. The molecule has 0 spiro atoms. The van der Waals surface area contributed by atoms with Crippen LogP contribution >= 0.6 is 0 Å². The molecule has 0 heterocycles. The van der Waals surface area contributed by atoms with Gasteiger partial charge in [-0.25, -0.2) is 4.99 Å². The SMILES string of the molecule is CC(C)(CNC(=O)C(=O)Nc1ccc(OCCOc2ccc(CN)cc2)cc1)CNC(=O)c1ccc(N=C(N)N=C(N)OCC(F)(F)F)cc1. The van der Waals surface area contributed by atoms with Gasteiger partial charge in [-0.2, -0.15) is 18.2 Å². The number of ether oxygens (including phenoxy) is 3. The van der Waals surface area contributed by atoms with Crippen molar-refractivity contribution < 1.29 is 41.8 Å². The summed E-state index contributed by atoms with van der Waals surface area (Å²) in [5.74, 6) is -1.33. The van der Waals surface area contributed by atoms with Gasteiger partial charge in [0.1, 0.15) is 24.7 Å². The Hall–Kier alpha value is -5.84. The van der Waals surface area contributed by atoms with Crippen LogP contribution < -0.4 is 42.6 Å². The van der Waals surface area contributed by atoms with Crippen molar-refractivity contribution in [2.75, 3.05) is 38.2 Å². The van der Waals surface area contributed by atoms with Gasteiger partial charge in [-0.3, -0.25) is 14.4 Å². The topological polar surface area (TPSA) is 218 Å². The van der Waals surface area contributed by atoms with E-state index < -0.39 is 47.9 Å². The first-order chi connectivity index (χ1) is 23.6. The number of rotatable bonds is 14. The number of nitrogens with zero attached hydrogens (tertiary/aromatic N) is 2. The highest BCUT2D eigenvalue weighted by Crippen LogP contribution is 2.18. The third-order valence-electron chi connectivity index (χ3n) is 6.53. The lowest BCUT2D eigenvalue weighted by atomic mass is 9.93. The fourth-order valence-corrected chi connectivity index (χ4v) is 3.89. The van der Waals surface area contributed by atoms with Gasteiger partial charge in [-0.05, 0) is 71.6 Å². The summed E-state index contributed by atoms with van der Waals surface area (Å²) in [7, 11) is 0. The van der Waals surface area contributed by atoms with Crippen LogP contribution in [0.1, 0.15) is 29.8 Å². The zero-order valence-electron chi connectivity index (χ0n) is 27.4. The van der Waals surface area contributed by atoms with Crippen LogP contribution in [0.2, 0.25) is 0 Å². The number of anilines is 1. The third kappa shape index (κ3) is 14.1. The summed E-state index contributed by atoms with van der Waals surface area (Å²) in [4.78, 5) is 44.9. The monoisotopic (exact) mass is 700 g/mol. The predicted molar refractivity (Wildman–Crippen MR) is 181 cm³/mol. The maximum absolute atomic E-state index is 12.7. The summed E-state index contributed by atoms with van der Waals surface area (Å²) >= 11 is 0. The van der Waals surface area contributed by atoms with Crippen LogP contribution in [0.4, 0.5) is 24.5 Å². The van der Waals surface area contributed by atoms with Gasteiger partial charge in [0.05, 0.1) is 5.69 Å². The fourth-order valence-electron chi connectivity index (χ4n) is 3.89. The summed E-state index contributed by atoms with van der Waals surface area (Å²) in [6, 6.07) is 18.9. The number of halogens is 3. The standard InChI is InChI=1S/C33H39F3N8O6/c1-32(2,18-40-27(45)22-5-7-24(8-6-22)43-30(38)44-31(39)50-20-33(34,35)36)19-41-28(46)29(47)42-23-9-13-26(14-10-23)49-16-15-48-25-11-3-21(17-37)4-12-25/h3-14H,15-20,37H2,1-2H3,(H,40,45)(H,41,46)(H,42,47)(H4,38,39,43,44). The second-order valence-electron chi connectivity index (χ2n) is 11.4. The number of carbonyl (C=O) groups is 3. The minimum Gasteiger partial charge on any atom is -0.490 e. The molecule has 50 heavy (non-hydrogen) atoms. The Morgan fingerprint density at radius 1 is 0.780 bits per heavy atom. The van der Waals surface area contributed by atoms with Gasteiger partial charge in [0.2, 0.25) is 5.96 Å². The Balaban J connectivity index is 1.37. The van der Waals surface area contributed by atoms with E-state index in [-0.39, 0.29) is 24.3 Å². The molecule has 0 saturated heterocycles. The number of aliphatic imine (C=N–C) groups is 2. The Labute approximate surface area is 286 Å². The molecule has 3 aromatic carbocycles. The zero-order valence-corrected chi connectivity index (χ0v) is 27.4. The third-order valence-corrected chi connectivity index (χ3v) is 6.53. The van der Waals surface area contributed by atoms with E-state index in [1.54, 1.807) is 38.1 Å². The largest absolute Gasteiger partial charge is 0.490 e. The normalized spacial score (nSPS) is 12.1. The predicted octanol–water partition coefficient (Wildman–Crippen LogP) is 2.95. The molecule has 268 valence electrons. The van der Waals surface area contributed by atoms with Gasteiger partial charge < -0.3 is 47.4 Å². The van der Waals surface area contributed by atoms with Crippen LogP contribution in [-0.2, 0) is 20.9 Å². The van der Waals surface area contributed by atoms with Crippen LogP contribution in [-0.4, -0.2) is 68.8 Å². The Bertz CT molecular complexity index is 1650. The lowest BCUT2D eigenvalue weighted by Crippen LogP contribution is -2.44. The molecule has 0 aliphatic heterocycles. The Morgan fingerprint density at radius 2 is 1.34 bits per heavy atom. The molecule has 17 heteroatoms. The van der Waals surface area contributed by atoms with Crippen molar-refractivity contribution in [1.29, 1.82) is 0 Å². The van der Waals surface area contributed by atoms with Crippen LogP contribution in [0.3, 0.4) is 0 Å². The Morgan fingerprint density at radius 3 is 1.90 bits per heavy atom. The zero-order chi connectivity index (χ0) is 36.7. The van der Waals surface area contributed by atoms with Crippen LogP contribution in [0.25, 0.3) is 0 Å². The number of nitrogens with two attached hydrogens (primary N) is 3. The molecule has 0 unspecified atom stereocenters. The first kappa shape index (κ1) is 38.6. The van der Waals surface area contributed by atoms with Crippen molar-refractivity contribution in [3.05, 3.63) is 83.9 Å². The van der Waals surface area contributed by atoms with E-state index in [1.165, 1.54) is 24.3 Å². The molecule has 0 fully saturated rings. The van der Waals surface area contributed by atoms with Gasteiger partial charge in [-0.1, -0.05) is 26.0 Å². The molecule has 3 amide bonds. The highest BCUT2D eigenvalue weighted by molar-refractivity contribution is 6.39. The van der Waals surface area contributed by atoms with Crippen molar-refractivity contribution in [2.45, 2.75) is 26.6 Å². The van der Waals surface area contributed by atoms with Crippen molar-refractivity contribution in [3.8, 4) is 11.5 Å². The minimum atomic E-state index is -4.59. The van der Waals surface area contributed by atoms with Gasteiger partial charge >= 0.3 is 18.0 Å². The summed E-state index contributed by atoms with van der Waals surface area (Å²) in [5.41, 5.74) is 17.7. The van der Waals surface area contributed by atoms with E-state index in [0.29, 0.717) is 36.9 Å². The van der Waals surface area contributed by atoms with E-state index in [0.717, 1.165) is 5.56 Å². The quantitative estimate of drug-likeness (QED) is 0.0630. The van der Waals surface area contributed by atoms with E-state index in [9.17, 15) is 27.6 Å². The molecule has 0 aliphatic rings. The molecule has 0 radical (unpaired) electrons. The van der Waals surface area contributed by atoms with Crippen LogP contribution in [0, 0.1) is 5.41 Å². The van der Waals surface area contributed by atoms with Gasteiger partial charge in [0, 0.05) is 30.9 Å². The smallest absolute Gasteiger partial charge is 0.422 e. The van der Waals surface area contributed by atoms with E-state index in [1.807, 2.05) is 24.3 Å². The van der Waals surface area contributed by atoms with Crippen molar-refractivity contribution >= 4 is 41.1 Å². The van der Waals surface area contributed by atoms with Gasteiger partial charge in [-0.15, -0.1) is 0 Å². The number of nitrogens with one attached hydrogen (secondary N) is 3. The van der Waals surface area contributed by atoms with E-state index >= 15 is 0 Å². The molecular formula is C33H39F3N8O6. The second kappa shape index (κ2) is 18.1. The first-order valence-electron chi connectivity index (χ1n) is 15.1. The van der Waals surface area contributed by atoms with Gasteiger partial charge in [0.15, 0.2) is 6.61 Å². The molecule has 9 N–H and O–H groups in total. The lowest BCUT2D eigenvalue weighted by Gasteiger charge is -2.25. The molecule has 0 aromatic heterocycles. The van der Waals surface area contributed by atoms with Crippen molar-refractivity contribution in [3.63, 3.8) is 0 Å². The van der Waals surface area contributed by atoms with Crippen molar-refractivity contribution in [1.82, 2.24) is 10.6 Å². The average molecular weight is 701 g/mol. The molecule has 0 aliphatic carbocycles. The van der Waals surface area contributed by atoms with E-state index in [2.05, 4.69) is 30.7 Å². The molecule has 0 bridgehead atoms.